The van der Waals surface area contributed by atoms with Gasteiger partial charge in [-0.3, -0.25) is 4.79 Å². The molecule has 0 aliphatic carbocycles. The number of hydrogen-bond donors (Lipinski definition) is 1. The summed E-state index contributed by atoms with van der Waals surface area (Å²) in [5, 5.41) is 2.99. The molecule has 0 fully saturated rings. The average molecular weight is 345 g/mol. The molecule has 1 aromatic rings. The maximum Gasteiger partial charge on any atom is 0.227 e. The van der Waals surface area contributed by atoms with Gasteiger partial charge in [0.15, 0.2) is 0 Å². The van der Waals surface area contributed by atoms with Gasteiger partial charge >= 0.3 is 0 Å². The first-order valence-corrected chi connectivity index (χ1v) is 7.31. The molecule has 0 spiro atoms. The molecule has 94 valence electrons. The maximum atomic E-state index is 12.0. The van der Waals surface area contributed by atoms with Crippen LogP contribution in [0.25, 0.3) is 0 Å². The topological polar surface area (TPSA) is 29.1 Å². The maximum absolute atomic E-state index is 12.0. The molecule has 0 heterocycles. The minimum absolute atomic E-state index is 0.147. The number of halogens is 1. The number of benzene rings is 1. The summed E-state index contributed by atoms with van der Waals surface area (Å²) in [7, 11) is 0. The van der Waals surface area contributed by atoms with E-state index in [1.807, 2.05) is 24.3 Å². The van der Waals surface area contributed by atoms with Gasteiger partial charge in [0.05, 0.1) is 0 Å². The molecule has 1 atom stereocenters. The van der Waals surface area contributed by atoms with Crippen molar-refractivity contribution in [1.82, 2.24) is 0 Å². The highest BCUT2D eigenvalue weighted by molar-refractivity contribution is 14.1. The van der Waals surface area contributed by atoms with Crippen LogP contribution in [0, 0.1) is 9.49 Å². The van der Waals surface area contributed by atoms with E-state index in [1.54, 1.807) is 0 Å². The molecule has 2 nitrogen and oxygen atoms in total. The minimum Gasteiger partial charge on any atom is -0.326 e. The monoisotopic (exact) mass is 345 g/mol. The number of carbonyl (C=O) groups excluding carboxylic acids is 1. The zero-order valence-corrected chi connectivity index (χ0v) is 12.7. The van der Waals surface area contributed by atoms with Crippen molar-refractivity contribution in [3.05, 3.63) is 27.8 Å². The fraction of sp³-hybridized carbons (Fsp3) is 0.500. The number of hydrogen-bond acceptors (Lipinski definition) is 1. The van der Waals surface area contributed by atoms with Crippen molar-refractivity contribution in [1.29, 1.82) is 0 Å². The Balaban J connectivity index is 2.54. The van der Waals surface area contributed by atoms with Crippen molar-refractivity contribution in [3.8, 4) is 0 Å². The van der Waals surface area contributed by atoms with Gasteiger partial charge in [-0.15, -0.1) is 0 Å². The Morgan fingerprint density at radius 2 is 1.94 bits per heavy atom. The van der Waals surface area contributed by atoms with Crippen LogP contribution in [-0.2, 0) is 4.79 Å². The third-order valence-corrected chi connectivity index (χ3v) is 3.60. The Hall–Kier alpha value is -0.580. The lowest BCUT2D eigenvalue weighted by Crippen LogP contribution is -2.22. The summed E-state index contributed by atoms with van der Waals surface area (Å²) < 4.78 is 1.18. The summed E-state index contributed by atoms with van der Waals surface area (Å²) >= 11 is 2.26. The zero-order valence-electron chi connectivity index (χ0n) is 10.5. The van der Waals surface area contributed by atoms with E-state index in [9.17, 15) is 4.79 Å². The Bertz CT molecular complexity index is 348. The third-order valence-electron chi connectivity index (χ3n) is 2.88. The molecule has 1 N–H and O–H groups in total. The van der Waals surface area contributed by atoms with Gasteiger partial charge in [-0.2, -0.15) is 0 Å². The van der Waals surface area contributed by atoms with Crippen molar-refractivity contribution in [2.75, 3.05) is 5.32 Å². The van der Waals surface area contributed by atoms with Crippen molar-refractivity contribution in [2.24, 2.45) is 5.92 Å². The predicted molar refractivity (Wildman–Crippen MR) is 81.1 cm³/mol. The summed E-state index contributed by atoms with van der Waals surface area (Å²) in [5.74, 6) is 0.302. The van der Waals surface area contributed by atoms with E-state index in [0.29, 0.717) is 0 Å². The van der Waals surface area contributed by atoms with Gasteiger partial charge in [0.1, 0.15) is 0 Å². The molecule has 0 radical (unpaired) electrons. The number of rotatable bonds is 6. The number of carbonyl (C=O) groups is 1. The summed E-state index contributed by atoms with van der Waals surface area (Å²) in [6, 6.07) is 7.91. The lowest BCUT2D eigenvalue weighted by molar-refractivity contribution is -0.120. The van der Waals surface area contributed by atoms with Gasteiger partial charge in [-0.25, -0.2) is 0 Å². The highest BCUT2D eigenvalue weighted by atomic mass is 127. The number of unbranched alkanes of at least 4 members (excludes halogenated alkanes) is 1. The fourth-order valence-corrected chi connectivity index (χ4v) is 2.11. The van der Waals surface area contributed by atoms with Gasteiger partial charge < -0.3 is 5.32 Å². The molecule has 17 heavy (non-hydrogen) atoms. The van der Waals surface area contributed by atoms with Crippen LogP contribution in [0.2, 0.25) is 0 Å². The van der Waals surface area contributed by atoms with Crippen LogP contribution < -0.4 is 5.32 Å². The number of nitrogens with one attached hydrogen (secondary N) is 1. The molecule has 1 amide bonds. The zero-order chi connectivity index (χ0) is 12.7. The second kappa shape index (κ2) is 7.69. The highest BCUT2D eigenvalue weighted by Gasteiger charge is 2.15. The molecule has 0 saturated heterocycles. The van der Waals surface area contributed by atoms with E-state index in [1.165, 1.54) is 3.57 Å². The Morgan fingerprint density at radius 1 is 1.29 bits per heavy atom. The molecular weight excluding hydrogens is 325 g/mol. The second-order valence-electron chi connectivity index (χ2n) is 4.24. The molecule has 1 unspecified atom stereocenters. The molecule has 1 aromatic carbocycles. The first-order valence-electron chi connectivity index (χ1n) is 6.23. The molecule has 0 saturated carbocycles. The predicted octanol–water partition coefficient (Wildman–Crippen LogP) is 4.45. The Kier molecular flexibility index (Phi) is 6.55. The lowest BCUT2D eigenvalue weighted by atomic mass is 9.98. The summed E-state index contributed by atoms with van der Waals surface area (Å²) in [6.07, 6.45) is 4.17. The summed E-state index contributed by atoms with van der Waals surface area (Å²) in [6.45, 7) is 4.23. The van der Waals surface area contributed by atoms with Crippen molar-refractivity contribution in [2.45, 2.75) is 39.5 Å². The van der Waals surface area contributed by atoms with Gasteiger partial charge in [0.25, 0.3) is 0 Å². The van der Waals surface area contributed by atoms with E-state index in [4.69, 9.17) is 0 Å². The minimum atomic E-state index is 0.147. The Morgan fingerprint density at radius 3 is 2.47 bits per heavy atom. The first kappa shape index (κ1) is 14.5. The SMILES string of the molecule is CCCCC(CC)C(=O)Nc1ccc(I)cc1. The molecule has 0 aliphatic heterocycles. The van der Waals surface area contributed by atoms with Crippen LogP contribution in [0.1, 0.15) is 39.5 Å². The molecule has 0 bridgehead atoms. The van der Waals surface area contributed by atoms with E-state index in [-0.39, 0.29) is 11.8 Å². The summed E-state index contributed by atoms with van der Waals surface area (Å²) in [4.78, 5) is 12.0. The summed E-state index contributed by atoms with van der Waals surface area (Å²) in [5.41, 5.74) is 0.894. The molecular formula is C14H20INO. The molecule has 3 heteroatoms. The van der Waals surface area contributed by atoms with Crippen molar-refractivity contribution >= 4 is 34.2 Å². The van der Waals surface area contributed by atoms with Gasteiger partial charge in [0, 0.05) is 15.2 Å². The fourth-order valence-electron chi connectivity index (χ4n) is 1.75. The van der Waals surface area contributed by atoms with Crippen LogP contribution >= 0.6 is 22.6 Å². The third kappa shape index (κ3) is 5.06. The number of amides is 1. The number of anilines is 1. The van der Waals surface area contributed by atoms with Gasteiger partial charge in [-0.05, 0) is 59.7 Å². The second-order valence-corrected chi connectivity index (χ2v) is 5.49. The average Bonchev–Trinajstić information content (AvgIpc) is 2.33. The molecule has 0 aromatic heterocycles. The first-order chi connectivity index (χ1) is 8.17. The smallest absolute Gasteiger partial charge is 0.227 e. The van der Waals surface area contributed by atoms with Crippen LogP contribution in [0.3, 0.4) is 0 Å². The van der Waals surface area contributed by atoms with Gasteiger partial charge in [0.2, 0.25) is 5.91 Å². The van der Waals surface area contributed by atoms with Crippen LogP contribution in [0.5, 0.6) is 0 Å². The van der Waals surface area contributed by atoms with E-state index in [2.05, 4.69) is 41.8 Å². The lowest BCUT2D eigenvalue weighted by Gasteiger charge is -2.14. The van der Waals surface area contributed by atoms with Crippen LogP contribution in [-0.4, -0.2) is 5.91 Å². The largest absolute Gasteiger partial charge is 0.326 e. The van der Waals surface area contributed by atoms with E-state index >= 15 is 0 Å². The molecule has 1 rings (SSSR count). The quantitative estimate of drug-likeness (QED) is 0.759. The normalized spacial score (nSPS) is 12.2. The van der Waals surface area contributed by atoms with Gasteiger partial charge in [-0.1, -0.05) is 26.7 Å². The van der Waals surface area contributed by atoms with Crippen molar-refractivity contribution < 1.29 is 4.79 Å². The van der Waals surface area contributed by atoms with Crippen LogP contribution in [0.4, 0.5) is 5.69 Å². The van der Waals surface area contributed by atoms with Crippen LogP contribution in [0.15, 0.2) is 24.3 Å². The standard InChI is InChI=1S/C14H20INO/c1-3-5-6-11(4-2)14(17)16-13-9-7-12(15)8-10-13/h7-11H,3-6H2,1-2H3,(H,16,17). The highest BCUT2D eigenvalue weighted by Crippen LogP contribution is 2.17. The van der Waals surface area contributed by atoms with Crippen molar-refractivity contribution in [3.63, 3.8) is 0 Å². The van der Waals surface area contributed by atoms with E-state index in [0.717, 1.165) is 31.4 Å². The Labute approximate surface area is 117 Å². The van der Waals surface area contributed by atoms with E-state index < -0.39 is 0 Å². The molecule has 0 aliphatic rings.